The van der Waals surface area contributed by atoms with E-state index in [0.29, 0.717) is 15.5 Å². The summed E-state index contributed by atoms with van der Waals surface area (Å²) >= 11 is 12.1. The summed E-state index contributed by atoms with van der Waals surface area (Å²) in [5, 5.41) is 4.84. The fraction of sp³-hybridized carbons (Fsp3) is 0.600. The predicted molar refractivity (Wildman–Crippen MR) is 79.6 cm³/mol. The van der Waals surface area contributed by atoms with Crippen LogP contribution in [0, 0.1) is 5.41 Å². The molecule has 1 fully saturated rings. The molecule has 1 aromatic rings. The largest absolute Gasteiger partial charge is 0.316 e. The molecule has 0 aromatic heterocycles. The number of hydrogen-bond donors (Lipinski definition) is 1. The Bertz CT molecular complexity index is 397. The van der Waals surface area contributed by atoms with Crippen molar-refractivity contribution in [3.8, 4) is 0 Å². The normalized spacial score (nSPS) is 18.2. The number of rotatable bonds is 5. The van der Waals surface area contributed by atoms with Crippen molar-refractivity contribution in [1.82, 2.24) is 5.32 Å². The van der Waals surface area contributed by atoms with Gasteiger partial charge in [-0.3, -0.25) is 0 Å². The third kappa shape index (κ3) is 3.40. The fourth-order valence-electron chi connectivity index (χ4n) is 3.01. The van der Waals surface area contributed by atoms with Crippen molar-refractivity contribution >= 4 is 23.2 Å². The van der Waals surface area contributed by atoms with Gasteiger partial charge in [0.05, 0.1) is 10.0 Å². The van der Waals surface area contributed by atoms with E-state index in [9.17, 15) is 0 Å². The van der Waals surface area contributed by atoms with Crippen molar-refractivity contribution in [2.24, 2.45) is 5.41 Å². The van der Waals surface area contributed by atoms with Crippen LogP contribution in [0.4, 0.5) is 0 Å². The van der Waals surface area contributed by atoms with Gasteiger partial charge in [-0.2, -0.15) is 0 Å². The average Bonchev–Trinajstić information content (AvgIpc) is 2.80. The molecule has 100 valence electrons. The van der Waals surface area contributed by atoms with E-state index in [-0.39, 0.29) is 0 Å². The van der Waals surface area contributed by atoms with Crippen molar-refractivity contribution in [3.63, 3.8) is 0 Å². The molecule has 0 unspecified atom stereocenters. The van der Waals surface area contributed by atoms with Gasteiger partial charge >= 0.3 is 0 Å². The summed E-state index contributed by atoms with van der Waals surface area (Å²) in [4.78, 5) is 0. The Labute approximate surface area is 120 Å². The first kappa shape index (κ1) is 14.2. The maximum Gasteiger partial charge on any atom is 0.0595 e. The van der Waals surface area contributed by atoms with Crippen molar-refractivity contribution in [1.29, 1.82) is 0 Å². The third-order valence-electron chi connectivity index (χ3n) is 3.98. The first-order valence-electron chi connectivity index (χ1n) is 6.80. The maximum atomic E-state index is 6.10. The summed E-state index contributed by atoms with van der Waals surface area (Å²) in [7, 11) is 0. The molecule has 0 aliphatic heterocycles. The molecule has 0 bridgehead atoms. The molecule has 0 spiro atoms. The Morgan fingerprint density at radius 1 is 1.17 bits per heavy atom. The number of benzene rings is 1. The Hall–Kier alpha value is -0.240. The summed E-state index contributed by atoms with van der Waals surface area (Å²) < 4.78 is 0. The van der Waals surface area contributed by atoms with Crippen LogP contribution in [-0.2, 0) is 6.42 Å². The van der Waals surface area contributed by atoms with Gasteiger partial charge in [0.2, 0.25) is 0 Å². The zero-order chi connectivity index (χ0) is 13.0. The van der Waals surface area contributed by atoms with Crippen LogP contribution in [0.15, 0.2) is 18.2 Å². The molecule has 1 aromatic carbocycles. The molecule has 0 heterocycles. The molecule has 1 nitrogen and oxygen atoms in total. The summed E-state index contributed by atoms with van der Waals surface area (Å²) in [5.74, 6) is 0. The lowest BCUT2D eigenvalue weighted by Gasteiger charge is -2.29. The Morgan fingerprint density at radius 3 is 2.50 bits per heavy atom. The second-order valence-corrected chi connectivity index (χ2v) is 6.23. The van der Waals surface area contributed by atoms with Crippen LogP contribution in [0.25, 0.3) is 0 Å². The molecule has 1 N–H and O–H groups in total. The van der Waals surface area contributed by atoms with Gasteiger partial charge < -0.3 is 5.32 Å². The van der Waals surface area contributed by atoms with Crippen molar-refractivity contribution in [3.05, 3.63) is 33.8 Å². The Morgan fingerprint density at radius 2 is 1.89 bits per heavy atom. The third-order valence-corrected chi connectivity index (χ3v) is 4.72. The topological polar surface area (TPSA) is 12.0 Å². The highest BCUT2D eigenvalue weighted by Crippen LogP contribution is 2.41. The smallest absolute Gasteiger partial charge is 0.0595 e. The van der Waals surface area contributed by atoms with Gasteiger partial charge in [0.1, 0.15) is 0 Å². The number of nitrogens with one attached hydrogen (secondary N) is 1. The van der Waals surface area contributed by atoms with Gasteiger partial charge in [-0.25, -0.2) is 0 Å². The highest BCUT2D eigenvalue weighted by molar-refractivity contribution is 6.42. The van der Waals surface area contributed by atoms with E-state index in [1.165, 1.54) is 31.2 Å². The average molecular weight is 286 g/mol. The molecule has 3 heteroatoms. The zero-order valence-corrected chi connectivity index (χ0v) is 12.4. The second kappa shape index (κ2) is 6.27. The van der Waals surface area contributed by atoms with Crippen LogP contribution in [-0.4, -0.2) is 13.1 Å². The first-order valence-corrected chi connectivity index (χ1v) is 7.55. The van der Waals surface area contributed by atoms with Crippen LogP contribution < -0.4 is 5.32 Å². The van der Waals surface area contributed by atoms with Crippen LogP contribution in [0.2, 0.25) is 10.0 Å². The van der Waals surface area contributed by atoms with Crippen molar-refractivity contribution < 1.29 is 0 Å². The molecule has 2 rings (SSSR count). The van der Waals surface area contributed by atoms with Crippen LogP contribution in [0.5, 0.6) is 0 Å². The van der Waals surface area contributed by atoms with E-state index >= 15 is 0 Å². The monoisotopic (exact) mass is 285 g/mol. The Kier molecular flexibility index (Phi) is 4.94. The molecular formula is C15H21Cl2N. The number of halogens is 2. The summed E-state index contributed by atoms with van der Waals surface area (Å²) in [6, 6.07) is 6.05. The lowest BCUT2D eigenvalue weighted by atomic mass is 9.80. The van der Waals surface area contributed by atoms with Crippen LogP contribution >= 0.6 is 23.2 Å². The quantitative estimate of drug-likeness (QED) is 0.827. The van der Waals surface area contributed by atoms with Gasteiger partial charge in [-0.05, 0) is 48.9 Å². The van der Waals surface area contributed by atoms with Gasteiger partial charge in [0, 0.05) is 6.54 Å². The van der Waals surface area contributed by atoms with E-state index in [2.05, 4.69) is 18.3 Å². The minimum atomic E-state index is 0.424. The van der Waals surface area contributed by atoms with Crippen LogP contribution in [0.3, 0.4) is 0 Å². The van der Waals surface area contributed by atoms with Crippen molar-refractivity contribution in [2.75, 3.05) is 13.1 Å². The molecule has 1 aliphatic rings. The molecule has 1 saturated carbocycles. The SMILES string of the molecule is CCNCC1(Cc2ccc(Cl)c(Cl)c2)CCCC1. The standard InChI is InChI=1S/C15H21Cl2N/c1-2-18-11-15(7-3-4-8-15)10-12-5-6-13(16)14(17)9-12/h5-6,9,18H,2-4,7-8,10-11H2,1H3. The molecular weight excluding hydrogens is 265 g/mol. The van der Waals surface area contributed by atoms with Gasteiger partial charge in [0.25, 0.3) is 0 Å². The van der Waals surface area contributed by atoms with Crippen LogP contribution in [0.1, 0.15) is 38.2 Å². The minimum Gasteiger partial charge on any atom is -0.316 e. The van der Waals surface area contributed by atoms with Gasteiger partial charge in [-0.15, -0.1) is 0 Å². The van der Waals surface area contributed by atoms with Crippen molar-refractivity contribution in [2.45, 2.75) is 39.0 Å². The molecule has 18 heavy (non-hydrogen) atoms. The lowest BCUT2D eigenvalue weighted by molar-refractivity contribution is 0.280. The van der Waals surface area contributed by atoms with E-state index in [1.54, 1.807) is 0 Å². The second-order valence-electron chi connectivity index (χ2n) is 5.41. The van der Waals surface area contributed by atoms with E-state index in [1.807, 2.05) is 12.1 Å². The highest BCUT2D eigenvalue weighted by Gasteiger charge is 2.33. The maximum absolute atomic E-state index is 6.10. The lowest BCUT2D eigenvalue weighted by Crippen LogP contribution is -2.33. The molecule has 0 amide bonds. The fourth-order valence-corrected chi connectivity index (χ4v) is 3.33. The van der Waals surface area contributed by atoms with E-state index < -0.39 is 0 Å². The summed E-state index contributed by atoms with van der Waals surface area (Å²) in [6.07, 6.45) is 6.46. The Balaban J connectivity index is 2.10. The highest BCUT2D eigenvalue weighted by atomic mass is 35.5. The molecule has 0 atom stereocenters. The molecule has 0 radical (unpaired) electrons. The minimum absolute atomic E-state index is 0.424. The predicted octanol–water partition coefficient (Wildman–Crippen LogP) is 4.71. The van der Waals surface area contributed by atoms with E-state index in [4.69, 9.17) is 23.2 Å². The van der Waals surface area contributed by atoms with Gasteiger partial charge in [-0.1, -0.05) is 49.0 Å². The zero-order valence-electron chi connectivity index (χ0n) is 10.9. The molecule has 0 saturated heterocycles. The van der Waals surface area contributed by atoms with E-state index in [0.717, 1.165) is 19.5 Å². The number of hydrogen-bond acceptors (Lipinski definition) is 1. The first-order chi connectivity index (χ1) is 8.65. The molecule has 1 aliphatic carbocycles. The van der Waals surface area contributed by atoms with Gasteiger partial charge in [0.15, 0.2) is 0 Å². The summed E-state index contributed by atoms with van der Waals surface area (Å²) in [6.45, 7) is 4.33. The summed E-state index contributed by atoms with van der Waals surface area (Å²) in [5.41, 5.74) is 1.73.